The second-order valence-corrected chi connectivity index (χ2v) is 2.80. The summed E-state index contributed by atoms with van der Waals surface area (Å²) in [5.74, 6) is -0.521. The molecule has 0 atom stereocenters. The highest BCUT2D eigenvalue weighted by molar-refractivity contribution is 5.90. The molecule has 1 aromatic heterocycles. The second-order valence-electron chi connectivity index (χ2n) is 2.80. The van der Waals surface area contributed by atoms with Gasteiger partial charge in [-0.15, -0.1) is 0 Å². The van der Waals surface area contributed by atoms with E-state index in [0.717, 1.165) is 0 Å². The van der Waals surface area contributed by atoms with Crippen LogP contribution in [-0.2, 0) is 6.54 Å². The summed E-state index contributed by atoms with van der Waals surface area (Å²) in [7, 11) is 0. The lowest BCUT2D eigenvalue weighted by Gasteiger charge is -2.02. The number of carbonyl (C=O) groups is 1. The van der Waals surface area contributed by atoms with E-state index in [-0.39, 0.29) is 12.3 Å². The lowest BCUT2D eigenvalue weighted by molar-refractivity contribution is 0.0994. The first kappa shape index (κ1) is 10.7. The van der Waals surface area contributed by atoms with E-state index in [9.17, 15) is 4.79 Å². The highest BCUT2D eigenvalue weighted by Crippen LogP contribution is 1.93. The van der Waals surface area contributed by atoms with Crippen LogP contribution in [0.25, 0.3) is 0 Å². The molecule has 6 heteroatoms. The SMILES string of the molecule is NC(=O)c1ccn(CCNCCO)n1. The first-order valence-electron chi connectivity index (χ1n) is 4.39. The zero-order chi connectivity index (χ0) is 10.4. The maximum Gasteiger partial charge on any atom is 0.269 e. The summed E-state index contributed by atoms with van der Waals surface area (Å²) in [5.41, 5.74) is 5.31. The fourth-order valence-corrected chi connectivity index (χ4v) is 1.02. The third-order valence-corrected chi connectivity index (χ3v) is 1.70. The molecule has 0 spiro atoms. The molecule has 0 aliphatic carbocycles. The highest BCUT2D eigenvalue weighted by atomic mass is 16.3. The van der Waals surface area contributed by atoms with Gasteiger partial charge in [-0.3, -0.25) is 9.48 Å². The maximum absolute atomic E-state index is 10.7. The van der Waals surface area contributed by atoms with Crippen LogP contribution in [0.2, 0.25) is 0 Å². The molecule has 0 saturated carbocycles. The summed E-state index contributed by atoms with van der Waals surface area (Å²) in [4.78, 5) is 10.7. The average molecular weight is 198 g/mol. The van der Waals surface area contributed by atoms with Gasteiger partial charge in [-0.05, 0) is 6.07 Å². The standard InChI is InChI=1S/C8H14N4O2/c9-8(14)7-1-4-12(11-7)5-2-10-3-6-13/h1,4,10,13H,2-3,5-6H2,(H2,9,14). The van der Waals surface area contributed by atoms with Crippen LogP contribution >= 0.6 is 0 Å². The molecule has 6 nitrogen and oxygen atoms in total. The molecule has 0 aliphatic rings. The number of nitrogens with one attached hydrogen (secondary N) is 1. The molecule has 14 heavy (non-hydrogen) atoms. The van der Waals surface area contributed by atoms with E-state index in [0.29, 0.717) is 19.6 Å². The smallest absolute Gasteiger partial charge is 0.269 e. The molecule has 0 aliphatic heterocycles. The summed E-state index contributed by atoms with van der Waals surface area (Å²) in [6.07, 6.45) is 1.70. The average Bonchev–Trinajstić information content (AvgIpc) is 2.61. The van der Waals surface area contributed by atoms with Crippen molar-refractivity contribution in [3.63, 3.8) is 0 Å². The van der Waals surface area contributed by atoms with Crippen molar-refractivity contribution >= 4 is 5.91 Å². The summed E-state index contributed by atoms with van der Waals surface area (Å²) in [6.45, 7) is 2.02. The number of aliphatic hydroxyl groups is 1. The van der Waals surface area contributed by atoms with Crippen LogP contribution in [0.15, 0.2) is 12.3 Å². The number of aliphatic hydroxyl groups excluding tert-OH is 1. The molecule has 1 heterocycles. The van der Waals surface area contributed by atoms with Crippen molar-refractivity contribution in [1.29, 1.82) is 0 Å². The molecule has 0 radical (unpaired) electrons. The van der Waals surface area contributed by atoms with Gasteiger partial charge in [0.05, 0.1) is 13.2 Å². The lowest BCUT2D eigenvalue weighted by Crippen LogP contribution is -2.23. The van der Waals surface area contributed by atoms with E-state index >= 15 is 0 Å². The Labute approximate surface area is 81.7 Å². The zero-order valence-corrected chi connectivity index (χ0v) is 7.81. The summed E-state index contributed by atoms with van der Waals surface area (Å²) in [5, 5.41) is 15.4. The van der Waals surface area contributed by atoms with E-state index in [1.165, 1.54) is 0 Å². The number of rotatable bonds is 6. The Morgan fingerprint density at radius 1 is 1.64 bits per heavy atom. The summed E-state index contributed by atoms with van der Waals surface area (Å²) in [6, 6.07) is 1.58. The van der Waals surface area contributed by atoms with Crippen molar-refractivity contribution in [2.75, 3.05) is 19.7 Å². The Kier molecular flexibility index (Phi) is 4.09. The molecule has 0 unspecified atom stereocenters. The highest BCUT2D eigenvalue weighted by Gasteiger charge is 2.03. The van der Waals surface area contributed by atoms with Gasteiger partial charge in [-0.2, -0.15) is 5.10 Å². The van der Waals surface area contributed by atoms with Crippen LogP contribution in [0.3, 0.4) is 0 Å². The fourth-order valence-electron chi connectivity index (χ4n) is 1.02. The third kappa shape index (κ3) is 3.15. The number of nitrogens with two attached hydrogens (primary N) is 1. The normalized spacial score (nSPS) is 10.4. The Balaban J connectivity index is 2.33. The van der Waals surface area contributed by atoms with Crippen LogP contribution in [0.1, 0.15) is 10.5 Å². The van der Waals surface area contributed by atoms with Crippen LogP contribution in [0.5, 0.6) is 0 Å². The molecule has 78 valence electrons. The predicted molar refractivity (Wildman–Crippen MR) is 50.7 cm³/mol. The molecule has 1 amide bonds. The van der Waals surface area contributed by atoms with Crippen molar-refractivity contribution < 1.29 is 9.90 Å². The largest absolute Gasteiger partial charge is 0.395 e. The maximum atomic E-state index is 10.7. The van der Waals surface area contributed by atoms with E-state index in [4.69, 9.17) is 10.8 Å². The second kappa shape index (κ2) is 5.36. The number of carbonyl (C=O) groups excluding carboxylic acids is 1. The number of amides is 1. The van der Waals surface area contributed by atoms with Gasteiger partial charge < -0.3 is 16.2 Å². The Bertz CT molecular complexity index is 297. The minimum Gasteiger partial charge on any atom is -0.395 e. The van der Waals surface area contributed by atoms with Gasteiger partial charge in [0.25, 0.3) is 5.91 Å². The monoisotopic (exact) mass is 198 g/mol. The zero-order valence-electron chi connectivity index (χ0n) is 7.81. The molecule has 1 rings (SSSR count). The third-order valence-electron chi connectivity index (χ3n) is 1.70. The Morgan fingerprint density at radius 3 is 3.00 bits per heavy atom. The van der Waals surface area contributed by atoms with Gasteiger partial charge in [-0.1, -0.05) is 0 Å². The lowest BCUT2D eigenvalue weighted by atomic mass is 10.4. The quantitative estimate of drug-likeness (QED) is 0.488. The fraction of sp³-hybridized carbons (Fsp3) is 0.500. The van der Waals surface area contributed by atoms with Crippen LogP contribution < -0.4 is 11.1 Å². The van der Waals surface area contributed by atoms with Gasteiger partial charge in [0.2, 0.25) is 0 Å². The minimum atomic E-state index is -0.521. The first-order valence-corrected chi connectivity index (χ1v) is 4.39. The number of primary amides is 1. The van der Waals surface area contributed by atoms with Crippen molar-refractivity contribution in [3.8, 4) is 0 Å². The molecule has 0 bridgehead atoms. The topological polar surface area (TPSA) is 93.2 Å². The van der Waals surface area contributed by atoms with E-state index in [1.807, 2.05) is 0 Å². The van der Waals surface area contributed by atoms with Crippen LogP contribution in [0.4, 0.5) is 0 Å². The van der Waals surface area contributed by atoms with Gasteiger partial charge in [0.15, 0.2) is 0 Å². The van der Waals surface area contributed by atoms with Crippen molar-refractivity contribution in [2.24, 2.45) is 5.73 Å². The number of nitrogens with zero attached hydrogens (tertiary/aromatic N) is 2. The van der Waals surface area contributed by atoms with Gasteiger partial charge in [0, 0.05) is 19.3 Å². The summed E-state index contributed by atoms with van der Waals surface area (Å²) >= 11 is 0. The Morgan fingerprint density at radius 2 is 2.43 bits per heavy atom. The van der Waals surface area contributed by atoms with Crippen LogP contribution in [0, 0.1) is 0 Å². The van der Waals surface area contributed by atoms with E-state index < -0.39 is 5.91 Å². The van der Waals surface area contributed by atoms with Crippen molar-refractivity contribution in [1.82, 2.24) is 15.1 Å². The van der Waals surface area contributed by atoms with Gasteiger partial charge in [0.1, 0.15) is 5.69 Å². The first-order chi connectivity index (χ1) is 6.74. The summed E-state index contributed by atoms with van der Waals surface area (Å²) < 4.78 is 1.63. The van der Waals surface area contributed by atoms with Crippen LogP contribution in [-0.4, -0.2) is 40.5 Å². The number of hydrogen-bond acceptors (Lipinski definition) is 4. The van der Waals surface area contributed by atoms with E-state index in [1.54, 1.807) is 16.9 Å². The molecule has 4 N–H and O–H groups in total. The van der Waals surface area contributed by atoms with E-state index in [2.05, 4.69) is 10.4 Å². The number of hydrogen-bond donors (Lipinski definition) is 3. The molecule has 0 saturated heterocycles. The molecular weight excluding hydrogens is 184 g/mol. The molecular formula is C8H14N4O2. The van der Waals surface area contributed by atoms with Crippen molar-refractivity contribution in [3.05, 3.63) is 18.0 Å². The number of aromatic nitrogens is 2. The predicted octanol–water partition coefficient (Wildman–Crippen LogP) is -1.44. The minimum absolute atomic E-state index is 0.117. The van der Waals surface area contributed by atoms with Crippen molar-refractivity contribution in [2.45, 2.75) is 6.54 Å². The molecule has 1 aromatic rings. The molecule has 0 aromatic carbocycles. The van der Waals surface area contributed by atoms with Gasteiger partial charge in [-0.25, -0.2) is 0 Å². The molecule has 0 fully saturated rings. The Hall–Kier alpha value is -1.40. The van der Waals surface area contributed by atoms with Gasteiger partial charge >= 0.3 is 0 Å².